The first kappa shape index (κ1) is 19.5. The summed E-state index contributed by atoms with van der Waals surface area (Å²) in [5.41, 5.74) is 3.60. The van der Waals surface area contributed by atoms with Crippen LogP contribution in [0.4, 0.5) is 0 Å². The number of fused-ring (bicyclic) bond motifs is 2. The molecular weight excluding hydrogens is 390 g/mol. The average Bonchev–Trinajstić information content (AvgIpc) is 3.42. The smallest absolute Gasteiger partial charge is 0.261 e. The van der Waals surface area contributed by atoms with Gasteiger partial charge in [0.15, 0.2) is 0 Å². The number of likely N-dealkylation sites (tertiary alicyclic amines) is 1. The number of hydrogen-bond donors (Lipinski definition) is 1. The fourth-order valence-electron chi connectivity index (χ4n) is 4.52. The zero-order chi connectivity index (χ0) is 21.4. The van der Waals surface area contributed by atoms with Gasteiger partial charge in [0.05, 0.1) is 34.3 Å². The highest BCUT2D eigenvalue weighted by molar-refractivity contribution is 5.80. The first-order valence-electron chi connectivity index (χ1n) is 10.8. The largest absolute Gasteiger partial charge is 0.340 e. The van der Waals surface area contributed by atoms with Crippen LogP contribution in [0.3, 0.4) is 0 Å². The molecule has 0 unspecified atom stereocenters. The maximum absolute atomic E-state index is 13.0. The second kappa shape index (κ2) is 7.98. The Hall–Kier alpha value is -3.48. The van der Waals surface area contributed by atoms with E-state index in [-0.39, 0.29) is 17.5 Å². The molecule has 0 bridgehead atoms. The van der Waals surface area contributed by atoms with Crippen molar-refractivity contribution in [3.8, 4) is 0 Å². The quantitative estimate of drug-likeness (QED) is 0.538. The van der Waals surface area contributed by atoms with E-state index in [2.05, 4.69) is 9.97 Å². The summed E-state index contributed by atoms with van der Waals surface area (Å²) < 4.78 is 1.61. The SMILES string of the molecule is Cc1cccc2c(=O)n(CCCC(=O)N3CCC[C@@H]3c3nc4ccccc4[nH]3)cnc12. The molecule has 7 nitrogen and oxygen atoms in total. The van der Waals surface area contributed by atoms with Crippen molar-refractivity contribution in [1.29, 1.82) is 0 Å². The third-order valence-electron chi connectivity index (χ3n) is 6.14. The number of aryl methyl sites for hydroxylation is 2. The first-order chi connectivity index (χ1) is 15.1. The van der Waals surface area contributed by atoms with Crippen molar-refractivity contribution in [2.45, 2.75) is 45.2 Å². The van der Waals surface area contributed by atoms with Gasteiger partial charge in [-0.25, -0.2) is 9.97 Å². The highest BCUT2D eigenvalue weighted by Gasteiger charge is 2.31. The summed E-state index contributed by atoms with van der Waals surface area (Å²) in [6.45, 7) is 3.17. The van der Waals surface area contributed by atoms with E-state index in [1.807, 2.05) is 54.3 Å². The van der Waals surface area contributed by atoms with E-state index in [1.165, 1.54) is 0 Å². The molecular formula is C24H25N5O2. The molecule has 5 rings (SSSR count). The summed E-state index contributed by atoms with van der Waals surface area (Å²) in [5.74, 6) is 0.970. The van der Waals surface area contributed by atoms with Crippen LogP contribution in [0.1, 0.15) is 43.1 Å². The van der Waals surface area contributed by atoms with Gasteiger partial charge < -0.3 is 9.88 Å². The molecule has 1 atom stereocenters. The molecule has 1 aliphatic rings. The van der Waals surface area contributed by atoms with Crippen molar-refractivity contribution in [3.05, 3.63) is 70.5 Å². The Balaban J connectivity index is 1.26. The van der Waals surface area contributed by atoms with Crippen LogP contribution in [0.5, 0.6) is 0 Å². The van der Waals surface area contributed by atoms with Crippen molar-refractivity contribution >= 4 is 27.8 Å². The number of benzene rings is 2. The summed E-state index contributed by atoms with van der Waals surface area (Å²) in [6.07, 6.45) is 4.48. The number of aromatic amines is 1. The van der Waals surface area contributed by atoms with E-state index in [0.717, 1.165) is 47.3 Å². The number of nitrogens with one attached hydrogen (secondary N) is 1. The van der Waals surface area contributed by atoms with E-state index in [0.29, 0.717) is 24.8 Å². The van der Waals surface area contributed by atoms with Crippen molar-refractivity contribution in [2.75, 3.05) is 6.54 Å². The Morgan fingerprint density at radius 2 is 2.06 bits per heavy atom. The standard InChI is InChI=1S/C24H25N5O2/c1-16-7-4-8-17-22(16)25-15-28(24(17)31)13-6-12-21(30)29-14-5-11-20(29)23-26-18-9-2-3-10-19(18)27-23/h2-4,7-10,15,20H,5-6,11-14H2,1H3,(H,26,27)/t20-/m1/s1. The predicted molar refractivity (Wildman–Crippen MR) is 120 cm³/mol. The Morgan fingerprint density at radius 1 is 1.19 bits per heavy atom. The number of carbonyl (C=O) groups is 1. The Kier molecular flexibility index (Phi) is 5.02. The normalized spacial score (nSPS) is 16.4. The zero-order valence-corrected chi connectivity index (χ0v) is 17.5. The topological polar surface area (TPSA) is 83.9 Å². The van der Waals surface area contributed by atoms with Crippen molar-refractivity contribution in [3.63, 3.8) is 0 Å². The number of H-pyrrole nitrogens is 1. The van der Waals surface area contributed by atoms with Gasteiger partial charge in [-0.05, 0) is 49.9 Å². The summed E-state index contributed by atoms with van der Waals surface area (Å²) >= 11 is 0. The number of imidazole rings is 1. The lowest BCUT2D eigenvalue weighted by atomic mass is 10.1. The van der Waals surface area contributed by atoms with Crippen molar-refractivity contribution in [1.82, 2.24) is 24.4 Å². The van der Waals surface area contributed by atoms with Crippen LogP contribution in [0, 0.1) is 6.92 Å². The summed E-state index contributed by atoms with van der Waals surface area (Å²) in [6, 6.07) is 13.6. The minimum absolute atomic E-state index is 0.00654. The molecule has 1 fully saturated rings. The van der Waals surface area contributed by atoms with Crippen LogP contribution in [0.15, 0.2) is 53.6 Å². The highest BCUT2D eigenvalue weighted by Crippen LogP contribution is 2.32. The lowest BCUT2D eigenvalue weighted by molar-refractivity contribution is -0.132. The predicted octanol–water partition coefficient (Wildman–Crippen LogP) is 3.73. The van der Waals surface area contributed by atoms with E-state index < -0.39 is 0 Å². The van der Waals surface area contributed by atoms with Crippen LogP contribution in [-0.4, -0.2) is 36.9 Å². The number of nitrogens with zero attached hydrogens (tertiary/aromatic N) is 4. The van der Waals surface area contributed by atoms with Crippen molar-refractivity contribution < 1.29 is 4.79 Å². The molecule has 2 aromatic heterocycles. The second-order valence-corrected chi connectivity index (χ2v) is 8.20. The molecule has 31 heavy (non-hydrogen) atoms. The molecule has 4 aromatic rings. The van der Waals surface area contributed by atoms with Crippen molar-refractivity contribution in [2.24, 2.45) is 0 Å². The van der Waals surface area contributed by atoms with E-state index >= 15 is 0 Å². The number of para-hydroxylation sites is 3. The van der Waals surface area contributed by atoms with E-state index in [1.54, 1.807) is 10.9 Å². The van der Waals surface area contributed by atoms with Crippen LogP contribution in [-0.2, 0) is 11.3 Å². The second-order valence-electron chi connectivity index (χ2n) is 8.20. The molecule has 1 N–H and O–H groups in total. The maximum Gasteiger partial charge on any atom is 0.261 e. The van der Waals surface area contributed by atoms with Gasteiger partial charge in [0.25, 0.3) is 5.56 Å². The molecule has 3 heterocycles. The van der Waals surface area contributed by atoms with E-state index in [9.17, 15) is 9.59 Å². The van der Waals surface area contributed by atoms with Gasteiger partial charge in [0, 0.05) is 19.5 Å². The third-order valence-corrected chi connectivity index (χ3v) is 6.14. The van der Waals surface area contributed by atoms with Crippen LogP contribution in [0.2, 0.25) is 0 Å². The van der Waals surface area contributed by atoms with Gasteiger partial charge >= 0.3 is 0 Å². The first-order valence-corrected chi connectivity index (χ1v) is 10.8. The minimum Gasteiger partial charge on any atom is -0.340 e. The molecule has 7 heteroatoms. The van der Waals surface area contributed by atoms with Crippen LogP contribution < -0.4 is 5.56 Å². The van der Waals surface area contributed by atoms with Crippen LogP contribution in [0.25, 0.3) is 21.9 Å². The molecule has 0 radical (unpaired) electrons. The molecule has 0 spiro atoms. The monoisotopic (exact) mass is 415 g/mol. The van der Waals surface area contributed by atoms with Gasteiger partial charge in [-0.1, -0.05) is 24.3 Å². The molecule has 158 valence electrons. The maximum atomic E-state index is 13.0. The number of hydrogen-bond acceptors (Lipinski definition) is 4. The molecule has 1 aliphatic heterocycles. The minimum atomic E-state index is -0.0533. The third kappa shape index (κ3) is 3.60. The molecule has 0 saturated carbocycles. The Labute approximate surface area is 179 Å². The molecule has 2 aromatic carbocycles. The summed E-state index contributed by atoms with van der Waals surface area (Å²) in [4.78, 5) is 40.2. The van der Waals surface area contributed by atoms with Gasteiger partial charge in [-0.3, -0.25) is 14.2 Å². The fourth-order valence-corrected chi connectivity index (χ4v) is 4.52. The Morgan fingerprint density at radius 3 is 2.94 bits per heavy atom. The fraction of sp³-hybridized carbons (Fsp3) is 0.333. The van der Waals surface area contributed by atoms with Gasteiger partial charge in [-0.2, -0.15) is 0 Å². The van der Waals surface area contributed by atoms with Crippen LogP contribution >= 0.6 is 0 Å². The lowest BCUT2D eigenvalue weighted by Gasteiger charge is -2.23. The highest BCUT2D eigenvalue weighted by atomic mass is 16.2. The number of aromatic nitrogens is 4. The summed E-state index contributed by atoms with van der Waals surface area (Å²) in [7, 11) is 0. The number of rotatable bonds is 5. The van der Waals surface area contributed by atoms with Gasteiger partial charge in [-0.15, -0.1) is 0 Å². The van der Waals surface area contributed by atoms with Gasteiger partial charge in [0.2, 0.25) is 5.91 Å². The zero-order valence-electron chi connectivity index (χ0n) is 17.5. The molecule has 0 aliphatic carbocycles. The molecule has 1 saturated heterocycles. The lowest BCUT2D eigenvalue weighted by Crippen LogP contribution is -2.31. The van der Waals surface area contributed by atoms with Gasteiger partial charge in [0.1, 0.15) is 5.82 Å². The number of carbonyl (C=O) groups excluding carboxylic acids is 1. The average molecular weight is 415 g/mol. The Bertz CT molecular complexity index is 1290. The van der Waals surface area contributed by atoms with E-state index in [4.69, 9.17) is 4.98 Å². The summed E-state index contributed by atoms with van der Waals surface area (Å²) in [5, 5.41) is 0.623. The number of amides is 1. The molecule has 1 amide bonds.